The van der Waals surface area contributed by atoms with Crippen LogP contribution in [0.15, 0.2) is 36.3 Å². The van der Waals surface area contributed by atoms with Gasteiger partial charge in [0, 0.05) is 31.1 Å². The van der Waals surface area contributed by atoms with Crippen LogP contribution >= 0.6 is 0 Å². The normalized spacial score (nSPS) is 27.4. The lowest BCUT2D eigenvalue weighted by Gasteiger charge is -2.26. The molecule has 2 aliphatic rings. The first-order valence-electron chi connectivity index (χ1n) is 17.1. The number of ether oxygens (including phenoxy) is 2. The van der Waals surface area contributed by atoms with Crippen molar-refractivity contribution in [2.45, 2.75) is 76.0 Å². The molecular weight excluding hydrogens is 487 g/mol. The molecule has 3 aromatic rings. The number of nitrogens with zero attached hydrogens (tertiary/aromatic N) is 1. The summed E-state index contributed by atoms with van der Waals surface area (Å²) in [4.78, 5) is 14.0. The molecule has 0 unspecified atom stereocenters. The smallest absolute Gasteiger partial charge is 0.395 e. The van der Waals surface area contributed by atoms with Crippen LogP contribution in [0.4, 0.5) is 13.2 Å². The molecule has 0 saturated heterocycles. The van der Waals surface area contributed by atoms with Gasteiger partial charge >= 0.3 is 6.29 Å². The highest BCUT2D eigenvalue weighted by atomic mass is 19.3. The predicted octanol–water partition coefficient (Wildman–Crippen LogP) is 4.99. The zero-order valence-electron chi connectivity index (χ0n) is 31.8. The van der Waals surface area contributed by atoms with Crippen LogP contribution in [-0.4, -0.2) is 39.5 Å². The average molecular weight is 530 g/mol. The van der Waals surface area contributed by atoms with Gasteiger partial charge in [0.25, 0.3) is 0 Å². The fraction of sp³-hybridized carbons (Fsp3) is 0.464. The zero-order valence-corrected chi connectivity index (χ0v) is 19.8. The number of rotatable bonds is 9. The minimum Gasteiger partial charge on any atom is -0.395 e. The molecule has 1 saturated carbocycles. The number of Topliss-reactive ketones (excluding diaryl/α,β-unsaturated/α-hetero) is 1. The molecule has 0 spiro atoms. The second-order valence-corrected chi connectivity index (χ2v) is 9.10. The number of halogens is 3. The van der Waals surface area contributed by atoms with E-state index in [1.165, 1.54) is 13.8 Å². The largest absolute Gasteiger partial charge is 0.586 e. The van der Waals surface area contributed by atoms with Crippen molar-refractivity contribution in [3.05, 3.63) is 59.0 Å². The molecule has 1 aliphatic carbocycles. The number of carbonyl (C=O) groups is 1. The van der Waals surface area contributed by atoms with Gasteiger partial charge in [-0.25, -0.2) is 4.39 Å². The summed E-state index contributed by atoms with van der Waals surface area (Å²) in [6, 6.07) is -0.534. The Hall–Kier alpha value is -3.04. The fourth-order valence-corrected chi connectivity index (χ4v) is 3.99. The van der Waals surface area contributed by atoms with E-state index in [4.69, 9.17) is 16.4 Å². The maximum atomic E-state index is 16.2. The Morgan fingerprint density at radius 1 is 1.30 bits per heavy atom. The molecule has 5 rings (SSSR count). The lowest BCUT2D eigenvalue weighted by molar-refractivity contribution is -0.286. The van der Waals surface area contributed by atoms with Gasteiger partial charge in [0.15, 0.2) is 11.5 Å². The fourth-order valence-electron chi connectivity index (χ4n) is 3.99. The molecule has 6 nitrogen and oxygen atoms in total. The van der Waals surface area contributed by atoms with Crippen molar-refractivity contribution in [1.82, 2.24) is 4.57 Å². The molecule has 2 heterocycles. The summed E-state index contributed by atoms with van der Waals surface area (Å²) in [7, 11) is 0. The molecule has 0 radical (unpaired) electrons. The van der Waals surface area contributed by atoms with Gasteiger partial charge in [-0.05, 0) is 60.5 Å². The number of aromatic nitrogens is 1. The van der Waals surface area contributed by atoms with Crippen LogP contribution in [-0.2, 0) is 28.5 Å². The Kier molecular flexibility index (Phi) is 3.50. The average Bonchev–Trinajstić information content (AvgIpc) is 3.23. The van der Waals surface area contributed by atoms with E-state index < -0.39 is 131 Å². The molecule has 2 aromatic carbocycles. The molecule has 37 heavy (non-hydrogen) atoms. The van der Waals surface area contributed by atoms with E-state index in [9.17, 15) is 23.8 Å². The topological polar surface area (TPSA) is 80.9 Å². The molecule has 1 aliphatic heterocycles. The lowest BCUT2D eigenvalue weighted by Crippen LogP contribution is -2.26. The van der Waals surface area contributed by atoms with Gasteiger partial charge in [0.05, 0.1) is 38.3 Å². The SMILES string of the molecule is [2H]c1c(CC(=O)C2(c3ccc4c(c3)OC(F)(F)O4)C([2H])([2H])C2([2H])[2H])c(F)c([2H])c2c1c([2H])c(C(C)(C)C([2H])([2H])C)n2C([2H])([2H])[C@@]([2H])(O)CO. The van der Waals surface area contributed by atoms with Crippen molar-refractivity contribution >= 4 is 16.7 Å². The molecule has 9 heteroatoms. The number of hydrogen-bond acceptors (Lipinski definition) is 5. The van der Waals surface area contributed by atoms with E-state index >= 15 is 4.39 Å². The number of aliphatic hydroxyl groups excluding tert-OH is 1. The van der Waals surface area contributed by atoms with Crippen LogP contribution < -0.4 is 9.47 Å². The van der Waals surface area contributed by atoms with E-state index in [2.05, 4.69) is 9.47 Å². The van der Waals surface area contributed by atoms with Crippen molar-refractivity contribution in [3.63, 3.8) is 0 Å². The summed E-state index contributed by atoms with van der Waals surface area (Å²) in [6.07, 6.45) is -17.2. The van der Waals surface area contributed by atoms with E-state index in [0.717, 1.165) is 25.1 Å². The first kappa shape index (κ1) is 14.8. The second kappa shape index (κ2) is 8.77. The Labute approximate surface area is 229 Å². The number of alkyl halides is 2. The van der Waals surface area contributed by atoms with Crippen LogP contribution in [0.1, 0.15) is 73.2 Å². The van der Waals surface area contributed by atoms with Crippen LogP contribution in [0.25, 0.3) is 10.9 Å². The summed E-state index contributed by atoms with van der Waals surface area (Å²) in [5.74, 6) is -4.21. The Bertz CT molecular complexity index is 1910. The molecule has 0 amide bonds. The van der Waals surface area contributed by atoms with Gasteiger partial charge in [0.1, 0.15) is 11.6 Å². The maximum Gasteiger partial charge on any atom is 0.586 e. The molecule has 0 bridgehead atoms. The van der Waals surface area contributed by atoms with Crippen molar-refractivity contribution in [1.29, 1.82) is 0 Å². The van der Waals surface area contributed by atoms with Crippen LogP contribution in [0, 0.1) is 5.82 Å². The number of benzene rings is 2. The van der Waals surface area contributed by atoms with Crippen LogP contribution in [0.5, 0.6) is 11.5 Å². The van der Waals surface area contributed by atoms with Gasteiger partial charge in [-0.3, -0.25) is 4.79 Å². The summed E-state index contributed by atoms with van der Waals surface area (Å²) in [6.45, 7) is -1.56. The Morgan fingerprint density at radius 3 is 2.65 bits per heavy atom. The van der Waals surface area contributed by atoms with Gasteiger partial charge in [0.2, 0.25) is 0 Å². The Morgan fingerprint density at radius 2 is 2.00 bits per heavy atom. The van der Waals surface area contributed by atoms with Crippen LogP contribution in [0.3, 0.4) is 0 Å². The summed E-state index contributed by atoms with van der Waals surface area (Å²) in [5.41, 5.74) is -7.69. The molecular formula is C28H30F3NO5. The quantitative estimate of drug-likeness (QED) is 0.409. The summed E-state index contributed by atoms with van der Waals surface area (Å²) < 4.78 is 155. The first-order chi connectivity index (χ1) is 22.0. The highest BCUT2D eigenvalue weighted by Crippen LogP contribution is 2.52. The summed E-state index contributed by atoms with van der Waals surface area (Å²) in [5, 5.41) is 19.5. The number of ketones is 1. The monoisotopic (exact) mass is 529 g/mol. The van der Waals surface area contributed by atoms with Gasteiger partial charge in [-0.2, -0.15) is 0 Å². The maximum absolute atomic E-state index is 16.2. The Balaban J connectivity index is 1.77. The predicted molar refractivity (Wildman–Crippen MR) is 131 cm³/mol. The summed E-state index contributed by atoms with van der Waals surface area (Å²) >= 11 is 0. The number of fused-ring (bicyclic) bond motifs is 2. The molecule has 1 aromatic heterocycles. The molecule has 198 valence electrons. The molecule has 1 atom stereocenters. The molecule has 1 fully saturated rings. The first-order valence-corrected chi connectivity index (χ1v) is 11.1. The minimum atomic E-state index is -4.11. The third-order valence-corrected chi connectivity index (χ3v) is 6.27. The molecule has 2 N–H and O–H groups in total. The standard InChI is InChI=1S/C28H30F3NO5/c1-4-26(2,3)24-10-17-9-16(20(29)13-21(17)32(24)14-19(34)15-33)11-25(35)27(7-8-27)18-5-6-22-23(12-18)37-28(30,31)36-22/h5-6,9-10,12-13,19,33-34H,4,7-8,11,14-15H2,1-3H3/t19-/m1/s1/i4D2,7D2,8D2,9D,10D,13D,14D2,19D. The van der Waals surface area contributed by atoms with Crippen molar-refractivity contribution in [3.8, 4) is 11.5 Å². The van der Waals surface area contributed by atoms with Crippen molar-refractivity contribution in [2.75, 3.05) is 6.61 Å². The van der Waals surface area contributed by atoms with Gasteiger partial charge in [-0.15, -0.1) is 8.78 Å². The third-order valence-electron chi connectivity index (χ3n) is 6.27. The highest BCUT2D eigenvalue weighted by molar-refractivity contribution is 5.95. The third kappa shape index (κ3) is 4.48. The number of hydrogen-bond donors (Lipinski definition) is 2. The van der Waals surface area contributed by atoms with Crippen molar-refractivity contribution in [2.24, 2.45) is 0 Å². The number of aliphatic hydroxyl groups is 2. The van der Waals surface area contributed by atoms with E-state index in [1.807, 2.05) is 0 Å². The van der Waals surface area contributed by atoms with E-state index in [1.54, 1.807) is 0 Å². The second-order valence-electron chi connectivity index (χ2n) is 9.10. The van der Waals surface area contributed by atoms with Gasteiger partial charge < -0.3 is 24.3 Å². The van der Waals surface area contributed by atoms with E-state index in [0.29, 0.717) is 4.57 Å². The minimum absolute atomic E-state index is 0.312. The highest BCUT2D eigenvalue weighted by Gasteiger charge is 2.52. The van der Waals surface area contributed by atoms with E-state index in [-0.39, 0.29) is 0 Å². The van der Waals surface area contributed by atoms with Gasteiger partial charge in [-0.1, -0.05) is 26.8 Å². The lowest BCUT2D eigenvalue weighted by atomic mass is 9.86. The van der Waals surface area contributed by atoms with Crippen molar-refractivity contribution < 1.29 is 54.1 Å². The van der Waals surface area contributed by atoms with Crippen LogP contribution in [0.2, 0.25) is 0 Å². The number of carbonyl (C=O) groups excluding carboxylic acids is 1. The zero-order chi connectivity index (χ0) is 37.5.